The first-order chi connectivity index (χ1) is 10.0. The zero-order chi connectivity index (χ0) is 15.4. The molecule has 0 atom stereocenters. The van der Waals surface area contributed by atoms with Crippen LogP contribution in [0, 0.1) is 12.7 Å². The van der Waals surface area contributed by atoms with Crippen molar-refractivity contribution in [2.24, 2.45) is 0 Å². The molecule has 1 heterocycles. The second-order valence-electron chi connectivity index (χ2n) is 4.28. The minimum atomic E-state index is -0.641. The van der Waals surface area contributed by atoms with Gasteiger partial charge < -0.3 is 10.1 Å². The first-order valence-corrected chi connectivity index (χ1v) is 6.32. The van der Waals surface area contributed by atoms with Crippen molar-refractivity contribution >= 4 is 17.7 Å². The molecule has 1 amide bonds. The fourth-order valence-corrected chi connectivity index (χ4v) is 1.71. The van der Waals surface area contributed by atoms with Crippen LogP contribution in [-0.4, -0.2) is 28.7 Å². The summed E-state index contributed by atoms with van der Waals surface area (Å²) in [4.78, 5) is 23.4. The Labute approximate surface area is 120 Å². The molecule has 2 N–H and O–H groups in total. The standard InChI is InChI=1S/C14H14FN3O3/c1-3-21-14(20)10-7-11(18-17-10)16-13(19)9-6-4-5-8(2)12(9)15/h4-7H,3H2,1-2H3,(H2,16,17,18,19). The quantitative estimate of drug-likeness (QED) is 0.846. The van der Waals surface area contributed by atoms with E-state index in [1.54, 1.807) is 26.0 Å². The molecule has 0 radical (unpaired) electrons. The van der Waals surface area contributed by atoms with Gasteiger partial charge in [0.2, 0.25) is 0 Å². The van der Waals surface area contributed by atoms with Gasteiger partial charge in [0.15, 0.2) is 5.82 Å². The molecule has 110 valence electrons. The number of carbonyl (C=O) groups excluding carboxylic acids is 2. The average Bonchev–Trinajstić information content (AvgIpc) is 2.90. The van der Waals surface area contributed by atoms with Crippen molar-refractivity contribution in [2.45, 2.75) is 13.8 Å². The second kappa shape index (κ2) is 6.17. The van der Waals surface area contributed by atoms with Gasteiger partial charge in [-0.3, -0.25) is 9.89 Å². The predicted octanol–water partition coefficient (Wildman–Crippen LogP) is 2.29. The first-order valence-electron chi connectivity index (χ1n) is 6.32. The van der Waals surface area contributed by atoms with Crippen LogP contribution in [0.2, 0.25) is 0 Å². The molecular formula is C14H14FN3O3. The third-order valence-electron chi connectivity index (χ3n) is 2.75. The summed E-state index contributed by atoms with van der Waals surface area (Å²) in [6.07, 6.45) is 0. The highest BCUT2D eigenvalue weighted by Crippen LogP contribution is 2.14. The van der Waals surface area contributed by atoms with Gasteiger partial charge in [0.1, 0.15) is 11.5 Å². The summed E-state index contributed by atoms with van der Waals surface area (Å²) < 4.78 is 18.6. The first kappa shape index (κ1) is 14.7. The van der Waals surface area contributed by atoms with Gasteiger partial charge in [-0.1, -0.05) is 12.1 Å². The van der Waals surface area contributed by atoms with Gasteiger partial charge >= 0.3 is 5.97 Å². The van der Waals surface area contributed by atoms with Gasteiger partial charge in [0.05, 0.1) is 12.2 Å². The molecular weight excluding hydrogens is 277 g/mol. The number of H-pyrrole nitrogens is 1. The number of halogens is 1. The van der Waals surface area contributed by atoms with Crippen molar-refractivity contribution in [3.8, 4) is 0 Å². The number of nitrogens with one attached hydrogen (secondary N) is 2. The highest BCUT2D eigenvalue weighted by atomic mass is 19.1. The summed E-state index contributed by atoms with van der Waals surface area (Å²) in [5.41, 5.74) is 0.393. The van der Waals surface area contributed by atoms with Gasteiger partial charge in [0.25, 0.3) is 5.91 Å². The Morgan fingerprint density at radius 2 is 2.19 bits per heavy atom. The Morgan fingerprint density at radius 1 is 1.43 bits per heavy atom. The van der Waals surface area contributed by atoms with Gasteiger partial charge in [-0.2, -0.15) is 5.10 Å². The Bertz CT molecular complexity index is 682. The Morgan fingerprint density at radius 3 is 2.90 bits per heavy atom. The van der Waals surface area contributed by atoms with E-state index in [1.165, 1.54) is 12.1 Å². The summed E-state index contributed by atoms with van der Waals surface area (Å²) in [6.45, 7) is 3.48. The molecule has 0 fully saturated rings. The third-order valence-corrected chi connectivity index (χ3v) is 2.75. The van der Waals surface area contributed by atoms with Crippen LogP contribution < -0.4 is 5.32 Å². The van der Waals surface area contributed by atoms with Gasteiger partial charge in [-0.25, -0.2) is 9.18 Å². The number of amides is 1. The lowest BCUT2D eigenvalue weighted by molar-refractivity contribution is 0.0519. The molecule has 2 aromatic rings. The van der Waals surface area contributed by atoms with Crippen LogP contribution in [0.3, 0.4) is 0 Å². The van der Waals surface area contributed by atoms with E-state index in [-0.39, 0.29) is 23.7 Å². The van der Waals surface area contributed by atoms with Crippen LogP contribution in [0.25, 0.3) is 0 Å². The van der Waals surface area contributed by atoms with Crippen molar-refractivity contribution < 1.29 is 18.7 Å². The van der Waals surface area contributed by atoms with Crippen molar-refractivity contribution in [1.29, 1.82) is 0 Å². The summed E-state index contributed by atoms with van der Waals surface area (Å²) in [6, 6.07) is 5.85. The van der Waals surface area contributed by atoms with Crippen molar-refractivity contribution in [3.05, 3.63) is 46.9 Å². The molecule has 1 aromatic heterocycles. The molecule has 21 heavy (non-hydrogen) atoms. The predicted molar refractivity (Wildman–Crippen MR) is 73.6 cm³/mol. The number of ether oxygens (including phenoxy) is 1. The average molecular weight is 291 g/mol. The van der Waals surface area contributed by atoms with E-state index in [2.05, 4.69) is 15.5 Å². The fraction of sp³-hybridized carbons (Fsp3) is 0.214. The Hall–Kier alpha value is -2.70. The number of aromatic amines is 1. The zero-order valence-corrected chi connectivity index (χ0v) is 11.6. The molecule has 0 saturated carbocycles. The zero-order valence-electron chi connectivity index (χ0n) is 11.6. The maximum atomic E-state index is 13.8. The molecule has 0 bridgehead atoms. The molecule has 0 unspecified atom stereocenters. The highest BCUT2D eigenvalue weighted by Gasteiger charge is 2.16. The van der Waals surface area contributed by atoms with E-state index in [0.29, 0.717) is 5.56 Å². The van der Waals surface area contributed by atoms with Crippen molar-refractivity contribution in [2.75, 3.05) is 11.9 Å². The molecule has 1 aromatic carbocycles. The molecule has 0 saturated heterocycles. The maximum absolute atomic E-state index is 13.8. The number of rotatable bonds is 4. The number of aryl methyl sites for hydroxylation is 1. The lowest BCUT2D eigenvalue weighted by Crippen LogP contribution is -2.14. The fourth-order valence-electron chi connectivity index (χ4n) is 1.71. The molecule has 2 rings (SSSR count). The summed E-state index contributed by atoms with van der Waals surface area (Å²) in [5, 5.41) is 8.61. The number of nitrogens with zero attached hydrogens (tertiary/aromatic N) is 1. The molecule has 0 aliphatic heterocycles. The monoisotopic (exact) mass is 291 g/mol. The molecule has 7 heteroatoms. The molecule has 0 aliphatic carbocycles. The minimum Gasteiger partial charge on any atom is -0.461 e. The topological polar surface area (TPSA) is 84.1 Å². The number of hydrogen-bond donors (Lipinski definition) is 2. The van der Waals surface area contributed by atoms with E-state index >= 15 is 0 Å². The lowest BCUT2D eigenvalue weighted by atomic mass is 10.1. The van der Waals surface area contributed by atoms with E-state index in [1.807, 2.05) is 0 Å². The smallest absolute Gasteiger partial charge is 0.356 e. The largest absolute Gasteiger partial charge is 0.461 e. The van der Waals surface area contributed by atoms with E-state index in [0.717, 1.165) is 0 Å². The summed E-state index contributed by atoms with van der Waals surface area (Å²) in [7, 11) is 0. The van der Waals surface area contributed by atoms with Gasteiger partial charge in [0, 0.05) is 6.07 Å². The number of esters is 1. The molecule has 0 aliphatic rings. The van der Waals surface area contributed by atoms with E-state index in [4.69, 9.17) is 4.74 Å². The number of carbonyl (C=O) groups is 2. The van der Waals surface area contributed by atoms with Crippen LogP contribution in [0.5, 0.6) is 0 Å². The third kappa shape index (κ3) is 3.25. The van der Waals surface area contributed by atoms with Crippen LogP contribution >= 0.6 is 0 Å². The summed E-state index contributed by atoms with van der Waals surface area (Å²) in [5.74, 6) is -1.69. The number of aromatic nitrogens is 2. The minimum absolute atomic E-state index is 0.0873. The molecule has 6 nitrogen and oxygen atoms in total. The number of anilines is 1. The normalized spacial score (nSPS) is 10.2. The Kier molecular flexibility index (Phi) is 4.32. The summed E-state index contributed by atoms with van der Waals surface area (Å²) >= 11 is 0. The van der Waals surface area contributed by atoms with Crippen LogP contribution in [0.15, 0.2) is 24.3 Å². The highest BCUT2D eigenvalue weighted by molar-refractivity contribution is 6.04. The van der Waals surface area contributed by atoms with Crippen molar-refractivity contribution in [1.82, 2.24) is 10.2 Å². The van der Waals surface area contributed by atoms with Gasteiger partial charge in [-0.15, -0.1) is 0 Å². The van der Waals surface area contributed by atoms with Crippen LogP contribution in [0.1, 0.15) is 33.3 Å². The molecule has 0 spiro atoms. The SMILES string of the molecule is CCOC(=O)c1cc(NC(=O)c2cccc(C)c2F)n[nH]1. The van der Waals surface area contributed by atoms with Crippen LogP contribution in [0.4, 0.5) is 10.2 Å². The van der Waals surface area contributed by atoms with Gasteiger partial charge in [-0.05, 0) is 25.5 Å². The lowest BCUT2D eigenvalue weighted by Gasteiger charge is -2.04. The van der Waals surface area contributed by atoms with Crippen molar-refractivity contribution in [3.63, 3.8) is 0 Å². The number of benzene rings is 1. The van der Waals surface area contributed by atoms with Crippen LogP contribution in [-0.2, 0) is 4.74 Å². The maximum Gasteiger partial charge on any atom is 0.356 e. The number of hydrogen-bond acceptors (Lipinski definition) is 4. The van der Waals surface area contributed by atoms with E-state index in [9.17, 15) is 14.0 Å². The Balaban J connectivity index is 2.13. The van der Waals surface area contributed by atoms with E-state index < -0.39 is 17.7 Å². The second-order valence-corrected chi connectivity index (χ2v) is 4.28.